The van der Waals surface area contributed by atoms with Crippen molar-refractivity contribution < 1.29 is 31.7 Å². The molecular formula is C12H12CrO3. The smallest absolute Gasteiger partial charge is 0.281 e. The first kappa shape index (κ1) is 24.1. The van der Waals surface area contributed by atoms with Crippen molar-refractivity contribution in [2.24, 2.45) is 0 Å². The maximum atomic E-state index is 7.50. The molecule has 16 heavy (non-hydrogen) atoms. The molecule has 6 radical (unpaired) electrons. The zero-order chi connectivity index (χ0) is 12.9. The van der Waals surface area contributed by atoms with E-state index in [9.17, 15) is 0 Å². The summed E-state index contributed by atoms with van der Waals surface area (Å²) in [6, 6.07) is 6.38. The standard InChI is InChI=1S/C9H12.3CO.Cr/c1-7-5-4-6-8(2)9(7)3;3*1-2;/h4-6H,1-3H3;;;;. The first-order chi connectivity index (χ1) is 7.22. The van der Waals surface area contributed by atoms with Crippen LogP contribution in [0.5, 0.6) is 0 Å². The molecular weight excluding hydrogens is 244 g/mol. The number of rotatable bonds is 0. The van der Waals surface area contributed by atoms with Crippen LogP contribution in [0.4, 0.5) is 0 Å². The molecule has 0 aromatic heterocycles. The average molecular weight is 256 g/mol. The molecule has 84 valence electrons. The van der Waals surface area contributed by atoms with Crippen molar-refractivity contribution in [3.05, 3.63) is 34.9 Å². The van der Waals surface area contributed by atoms with E-state index in [0.29, 0.717) is 0 Å². The summed E-state index contributed by atoms with van der Waals surface area (Å²) < 4.78 is 0. The number of hydrogen-bond acceptors (Lipinski definition) is 3. The second kappa shape index (κ2) is 19.4. The fourth-order valence-electron chi connectivity index (χ4n) is 0.898. The third-order valence-corrected chi connectivity index (χ3v) is 1.88. The van der Waals surface area contributed by atoms with Crippen molar-refractivity contribution in [3.63, 3.8) is 0 Å². The van der Waals surface area contributed by atoms with Crippen LogP contribution in [0.2, 0.25) is 0 Å². The van der Waals surface area contributed by atoms with Gasteiger partial charge in [0.05, 0.1) is 0 Å². The largest absolute Gasteiger partial charge is 0.281 e. The van der Waals surface area contributed by atoms with Crippen molar-refractivity contribution in [1.29, 1.82) is 0 Å². The molecule has 0 saturated heterocycles. The van der Waals surface area contributed by atoms with E-state index in [1.165, 1.54) is 16.7 Å². The maximum absolute atomic E-state index is 7.50. The minimum atomic E-state index is 0. The molecule has 0 aliphatic carbocycles. The second-order valence-electron chi connectivity index (χ2n) is 2.52. The summed E-state index contributed by atoms with van der Waals surface area (Å²) >= 11 is 0. The predicted molar refractivity (Wildman–Crippen MR) is 57.7 cm³/mol. The molecule has 4 heteroatoms. The molecule has 0 spiro atoms. The predicted octanol–water partition coefficient (Wildman–Crippen LogP) is 1.42. The fraction of sp³-hybridized carbons (Fsp3) is 0.250. The van der Waals surface area contributed by atoms with Crippen molar-refractivity contribution in [2.75, 3.05) is 0 Å². The molecule has 0 heterocycles. The molecule has 3 nitrogen and oxygen atoms in total. The Morgan fingerprint density at radius 2 is 1.00 bits per heavy atom. The van der Waals surface area contributed by atoms with Gasteiger partial charge in [-0.25, -0.2) is 0 Å². The van der Waals surface area contributed by atoms with Crippen molar-refractivity contribution >= 4 is 20.4 Å². The molecule has 1 aromatic rings. The van der Waals surface area contributed by atoms with Gasteiger partial charge in [-0.2, -0.15) is 0 Å². The molecule has 0 atom stereocenters. The van der Waals surface area contributed by atoms with E-state index in [-0.39, 0.29) is 17.4 Å². The number of benzene rings is 1. The van der Waals surface area contributed by atoms with Gasteiger partial charge in [0, 0.05) is 17.4 Å². The molecule has 0 amide bonds. The Morgan fingerprint density at radius 3 is 1.19 bits per heavy atom. The van der Waals surface area contributed by atoms with Crippen LogP contribution in [-0.2, 0) is 31.7 Å². The van der Waals surface area contributed by atoms with Gasteiger partial charge < -0.3 is 0 Å². The summed E-state index contributed by atoms with van der Waals surface area (Å²) in [5.74, 6) is 0. The molecule has 0 N–H and O–H groups in total. The summed E-state index contributed by atoms with van der Waals surface area (Å²) in [5.41, 5.74) is 4.18. The van der Waals surface area contributed by atoms with E-state index in [1.807, 2.05) is 0 Å². The van der Waals surface area contributed by atoms with Gasteiger partial charge >= 0.3 is 0 Å². The molecule has 0 fully saturated rings. The van der Waals surface area contributed by atoms with Gasteiger partial charge in [0.2, 0.25) is 0 Å². The van der Waals surface area contributed by atoms with Crippen LogP contribution in [0.1, 0.15) is 16.7 Å². The monoisotopic (exact) mass is 256 g/mol. The Kier molecular flexibility index (Phi) is 29.2. The van der Waals surface area contributed by atoms with E-state index in [0.717, 1.165) is 0 Å². The van der Waals surface area contributed by atoms with E-state index in [4.69, 9.17) is 14.4 Å². The second-order valence-corrected chi connectivity index (χ2v) is 2.52. The third-order valence-electron chi connectivity index (χ3n) is 1.88. The fourth-order valence-corrected chi connectivity index (χ4v) is 0.898. The van der Waals surface area contributed by atoms with Gasteiger partial charge in [-0.3, -0.25) is 14.4 Å². The maximum Gasteiger partial charge on any atom is 0.281 e. The van der Waals surface area contributed by atoms with Crippen LogP contribution < -0.4 is 0 Å². The van der Waals surface area contributed by atoms with Gasteiger partial charge in [0.15, 0.2) is 0 Å². The summed E-state index contributed by atoms with van der Waals surface area (Å²) in [4.78, 5) is 22.5. The Labute approximate surface area is 108 Å². The molecule has 0 bridgehead atoms. The van der Waals surface area contributed by atoms with Crippen molar-refractivity contribution in [1.82, 2.24) is 0 Å². The van der Waals surface area contributed by atoms with E-state index >= 15 is 0 Å². The van der Waals surface area contributed by atoms with E-state index in [1.54, 1.807) is 0 Å². The topological polar surface area (TPSA) is 51.2 Å². The van der Waals surface area contributed by atoms with Crippen LogP contribution in [-0.4, -0.2) is 20.4 Å². The van der Waals surface area contributed by atoms with Gasteiger partial charge in [-0.15, -0.1) is 0 Å². The molecule has 0 aliphatic heterocycles. The summed E-state index contributed by atoms with van der Waals surface area (Å²) in [6.07, 6.45) is 0. The van der Waals surface area contributed by atoms with E-state index < -0.39 is 0 Å². The molecule has 0 aliphatic rings. The van der Waals surface area contributed by atoms with Gasteiger partial charge in [-0.1, -0.05) is 18.2 Å². The minimum Gasteiger partial charge on any atom is -0.281 e. The Morgan fingerprint density at radius 1 is 0.750 bits per heavy atom. The Bertz CT molecular complexity index is 239. The quantitative estimate of drug-likeness (QED) is 0.705. The molecule has 0 saturated carbocycles. The minimum absolute atomic E-state index is 0. The summed E-state index contributed by atoms with van der Waals surface area (Å²) in [6.45, 7) is 19.9. The Hall–Kier alpha value is -1.24. The number of aryl methyl sites for hydroxylation is 2. The first-order valence-electron chi connectivity index (χ1n) is 3.86. The van der Waals surface area contributed by atoms with Crippen molar-refractivity contribution in [2.45, 2.75) is 20.8 Å². The van der Waals surface area contributed by atoms with Gasteiger partial charge in [0.25, 0.3) is 20.4 Å². The van der Waals surface area contributed by atoms with Gasteiger partial charge in [-0.05, 0) is 37.5 Å². The van der Waals surface area contributed by atoms with Crippen molar-refractivity contribution in [3.8, 4) is 0 Å². The third kappa shape index (κ3) is 10.8. The molecule has 1 aromatic carbocycles. The van der Waals surface area contributed by atoms with Crippen LogP contribution in [0.3, 0.4) is 0 Å². The number of hydrogen-bond donors (Lipinski definition) is 0. The number of carbonyl (C=O) groups excluding carboxylic acids is 3. The normalized spacial score (nSPS) is 6.19. The van der Waals surface area contributed by atoms with E-state index in [2.05, 4.69) is 59.3 Å². The summed E-state index contributed by atoms with van der Waals surface area (Å²) in [7, 11) is 0. The van der Waals surface area contributed by atoms with Crippen LogP contribution in [0.25, 0.3) is 0 Å². The Balaban J connectivity index is -0.0000000900. The summed E-state index contributed by atoms with van der Waals surface area (Å²) in [5, 5.41) is 0. The van der Waals surface area contributed by atoms with Crippen LogP contribution in [0, 0.1) is 20.8 Å². The average Bonchev–Trinajstić information content (AvgIpc) is 2.34. The SMILES string of the molecule is Cc1cccc(C)c1C.[C]=O.[C]=O.[C]=O.[Cr]. The first-order valence-corrected chi connectivity index (χ1v) is 3.86. The molecule has 0 unspecified atom stereocenters. The van der Waals surface area contributed by atoms with Crippen LogP contribution in [0.15, 0.2) is 18.2 Å². The van der Waals surface area contributed by atoms with Crippen LogP contribution >= 0.6 is 0 Å². The zero-order valence-corrected chi connectivity index (χ0v) is 10.6. The van der Waals surface area contributed by atoms with Gasteiger partial charge in [0.1, 0.15) is 0 Å². The molecule has 1 rings (SSSR count). The zero-order valence-electron chi connectivity index (χ0n) is 9.37.